The topological polar surface area (TPSA) is 18.5 Å². The van der Waals surface area contributed by atoms with Crippen LogP contribution in [0.3, 0.4) is 0 Å². The summed E-state index contributed by atoms with van der Waals surface area (Å²) in [6, 6.07) is 1.47. The Hall–Kier alpha value is -0.120. The van der Waals surface area contributed by atoms with Crippen molar-refractivity contribution in [2.75, 3.05) is 40.3 Å². The molecule has 1 N–H and O–H groups in total. The maximum Gasteiger partial charge on any atom is 0.0345 e. The second-order valence-corrected chi connectivity index (χ2v) is 6.62. The molecule has 3 heteroatoms. The number of nitrogens with one attached hydrogen (secondary N) is 1. The SMILES string of the molecule is CC1CCCC(NCC2CN(C)CCN2C)CC1. The molecule has 0 radical (unpaired) electrons. The van der Waals surface area contributed by atoms with Crippen LogP contribution in [0.5, 0.6) is 0 Å². The van der Waals surface area contributed by atoms with E-state index < -0.39 is 0 Å². The lowest BCUT2D eigenvalue weighted by atomic mass is 10.0. The molecule has 0 aromatic carbocycles. The monoisotopic (exact) mass is 253 g/mol. The zero-order valence-corrected chi connectivity index (χ0v) is 12.5. The molecule has 1 saturated heterocycles. The van der Waals surface area contributed by atoms with Crippen molar-refractivity contribution in [1.82, 2.24) is 15.1 Å². The number of nitrogens with zero attached hydrogens (tertiary/aromatic N) is 2. The minimum atomic E-state index is 0.699. The molecule has 18 heavy (non-hydrogen) atoms. The van der Waals surface area contributed by atoms with Crippen molar-refractivity contribution in [2.45, 2.75) is 51.1 Å². The summed E-state index contributed by atoms with van der Waals surface area (Å²) < 4.78 is 0. The van der Waals surface area contributed by atoms with Crippen LogP contribution in [0.4, 0.5) is 0 Å². The van der Waals surface area contributed by atoms with E-state index in [4.69, 9.17) is 0 Å². The Morgan fingerprint density at radius 1 is 1.06 bits per heavy atom. The van der Waals surface area contributed by atoms with Crippen molar-refractivity contribution in [3.63, 3.8) is 0 Å². The zero-order chi connectivity index (χ0) is 13.0. The van der Waals surface area contributed by atoms with Gasteiger partial charge < -0.3 is 10.2 Å². The van der Waals surface area contributed by atoms with Crippen LogP contribution >= 0.6 is 0 Å². The van der Waals surface area contributed by atoms with Gasteiger partial charge in [-0.1, -0.05) is 19.8 Å². The number of hydrogen-bond acceptors (Lipinski definition) is 3. The molecular weight excluding hydrogens is 222 g/mol. The van der Waals surface area contributed by atoms with Gasteiger partial charge in [0.15, 0.2) is 0 Å². The summed E-state index contributed by atoms with van der Waals surface area (Å²) in [5, 5.41) is 3.83. The standard InChI is InChI=1S/C15H31N3/c1-13-5-4-6-14(8-7-13)16-11-15-12-17(2)9-10-18(15)3/h13-16H,4-12H2,1-3H3. The van der Waals surface area contributed by atoms with E-state index in [2.05, 4.69) is 36.1 Å². The van der Waals surface area contributed by atoms with Crippen LogP contribution in [0, 0.1) is 5.92 Å². The fourth-order valence-electron chi connectivity index (χ4n) is 3.32. The lowest BCUT2D eigenvalue weighted by Crippen LogP contribution is -2.54. The predicted octanol–water partition coefficient (Wildman–Crippen LogP) is 1.79. The fourth-order valence-corrected chi connectivity index (χ4v) is 3.32. The highest BCUT2D eigenvalue weighted by atomic mass is 15.3. The Morgan fingerprint density at radius 3 is 2.72 bits per heavy atom. The minimum absolute atomic E-state index is 0.699. The van der Waals surface area contributed by atoms with E-state index in [9.17, 15) is 0 Å². The Bertz CT molecular complexity index is 244. The third-order valence-electron chi connectivity index (χ3n) is 4.88. The summed E-state index contributed by atoms with van der Waals surface area (Å²) in [6.07, 6.45) is 7.03. The van der Waals surface area contributed by atoms with Crippen molar-refractivity contribution >= 4 is 0 Å². The first-order chi connectivity index (χ1) is 8.65. The van der Waals surface area contributed by atoms with Crippen molar-refractivity contribution in [2.24, 2.45) is 5.92 Å². The molecule has 3 atom stereocenters. The normalized spacial score (nSPS) is 36.5. The quantitative estimate of drug-likeness (QED) is 0.774. The second kappa shape index (κ2) is 6.88. The van der Waals surface area contributed by atoms with Gasteiger partial charge in [-0.15, -0.1) is 0 Å². The lowest BCUT2D eigenvalue weighted by Gasteiger charge is -2.38. The summed E-state index contributed by atoms with van der Waals surface area (Å²) in [5.41, 5.74) is 0. The Kier molecular flexibility index (Phi) is 5.46. The van der Waals surface area contributed by atoms with E-state index in [-0.39, 0.29) is 0 Å². The van der Waals surface area contributed by atoms with Gasteiger partial charge in [-0.25, -0.2) is 0 Å². The largest absolute Gasteiger partial charge is 0.312 e. The highest BCUT2D eigenvalue weighted by Gasteiger charge is 2.23. The highest BCUT2D eigenvalue weighted by molar-refractivity contribution is 4.82. The van der Waals surface area contributed by atoms with Gasteiger partial charge in [0.1, 0.15) is 0 Å². The molecular formula is C15H31N3. The van der Waals surface area contributed by atoms with Gasteiger partial charge in [-0.2, -0.15) is 0 Å². The summed E-state index contributed by atoms with van der Waals surface area (Å²) in [7, 11) is 4.52. The Morgan fingerprint density at radius 2 is 1.89 bits per heavy atom. The maximum absolute atomic E-state index is 3.83. The fraction of sp³-hybridized carbons (Fsp3) is 1.00. The van der Waals surface area contributed by atoms with Crippen LogP contribution in [0.25, 0.3) is 0 Å². The minimum Gasteiger partial charge on any atom is -0.312 e. The maximum atomic E-state index is 3.83. The zero-order valence-electron chi connectivity index (χ0n) is 12.5. The van der Waals surface area contributed by atoms with Crippen LogP contribution in [0.15, 0.2) is 0 Å². The molecule has 2 fully saturated rings. The van der Waals surface area contributed by atoms with E-state index in [1.165, 1.54) is 58.3 Å². The summed E-state index contributed by atoms with van der Waals surface area (Å²) in [4.78, 5) is 4.98. The first-order valence-electron chi connectivity index (χ1n) is 7.77. The summed E-state index contributed by atoms with van der Waals surface area (Å²) in [6.45, 7) is 7.22. The average Bonchev–Trinajstić information content (AvgIpc) is 2.55. The predicted molar refractivity (Wildman–Crippen MR) is 78.0 cm³/mol. The molecule has 3 nitrogen and oxygen atoms in total. The third-order valence-corrected chi connectivity index (χ3v) is 4.88. The lowest BCUT2D eigenvalue weighted by molar-refractivity contribution is 0.111. The molecule has 1 aliphatic carbocycles. The molecule has 0 aromatic rings. The molecule has 1 heterocycles. The van der Waals surface area contributed by atoms with Gasteiger partial charge in [0.25, 0.3) is 0 Å². The summed E-state index contributed by atoms with van der Waals surface area (Å²) in [5.74, 6) is 0.945. The van der Waals surface area contributed by atoms with Gasteiger partial charge in [0, 0.05) is 38.3 Å². The van der Waals surface area contributed by atoms with E-state index >= 15 is 0 Å². The van der Waals surface area contributed by atoms with E-state index in [0.29, 0.717) is 6.04 Å². The number of piperazine rings is 1. The molecule has 1 saturated carbocycles. The van der Waals surface area contributed by atoms with Crippen LogP contribution in [-0.4, -0.2) is 62.2 Å². The third kappa shape index (κ3) is 4.22. The molecule has 1 aliphatic heterocycles. The van der Waals surface area contributed by atoms with Crippen molar-refractivity contribution in [1.29, 1.82) is 0 Å². The molecule has 106 valence electrons. The molecule has 3 unspecified atom stereocenters. The molecule has 2 aliphatic rings. The molecule has 2 rings (SSSR count). The first-order valence-corrected chi connectivity index (χ1v) is 7.77. The van der Waals surface area contributed by atoms with Crippen LogP contribution < -0.4 is 5.32 Å². The van der Waals surface area contributed by atoms with Crippen LogP contribution in [0.2, 0.25) is 0 Å². The second-order valence-electron chi connectivity index (χ2n) is 6.62. The van der Waals surface area contributed by atoms with Gasteiger partial charge in [-0.05, 0) is 39.3 Å². The highest BCUT2D eigenvalue weighted by Crippen LogP contribution is 2.22. The van der Waals surface area contributed by atoms with Gasteiger partial charge in [0.05, 0.1) is 0 Å². The summed E-state index contributed by atoms with van der Waals surface area (Å²) >= 11 is 0. The van der Waals surface area contributed by atoms with Crippen molar-refractivity contribution in [3.8, 4) is 0 Å². The number of rotatable bonds is 3. The Labute approximate surface area is 113 Å². The number of likely N-dealkylation sites (N-methyl/N-ethyl adjacent to an activating group) is 2. The van der Waals surface area contributed by atoms with E-state index in [0.717, 1.165) is 12.0 Å². The van der Waals surface area contributed by atoms with E-state index in [1.54, 1.807) is 0 Å². The van der Waals surface area contributed by atoms with Crippen molar-refractivity contribution in [3.05, 3.63) is 0 Å². The number of hydrogen-bond donors (Lipinski definition) is 1. The molecule has 0 bridgehead atoms. The van der Waals surface area contributed by atoms with E-state index in [1.807, 2.05) is 0 Å². The molecule has 0 aromatic heterocycles. The Balaban J connectivity index is 1.72. The van der Waals surface area contributed by atoms with Gasteiger partial charge in [-0.3, -0.25) is 4.90 Å². The van der Waals surface area contributed by atoms with Crippen LogP contribution in [0.1, 0.15) is 39.0 Å². The van der Waals surface area contributed by atoms with Crippen LogP contribution in [-0.2, 0) is 0 Å². The van der Waals surface area contributed by atoms with Gasteiger partial charge >= 0.3 is 0 Å². The van der Waals surface area contributed by atoms with Crippen molar-refractivity contribution < 1.29 is 0 Å². The smallest absolute Gasteiger partial charge is 0.0345 e. The average molecular weight is 253 g/mol. The molecule has 0 spiro atoms. The first kappa shape index (κ1) is 14.3. The van der Waals surface area contributed by atoms with Gasteiger partial charge in [0.2, 0.25) is 0 Å². The molecule has 0 amide bonds.